The van der Waals surface area contributed by atoms with Gasteiger partial charge in [-0.25, -0.2) is 4.79 Å². The summed E-state index contributed by atoms with van der Waals surface area (Å²) in [5.74, 6) is 0.296. The summed E-state index contributed by atoms with van der Waals surface area (Å²) in [6.07, 6.45) is 5.50. The Morgan fingerprint density at radius 3 is 3.00 bits per heavy atom. The van der Waals surface area contributed by atoms with Gasteiger partial charge in [0, 0.05) is 11.1 Å². The number of rotatable bonds is 4. The molecule has 0 aliphatic heterocycles. The van der Waals surface area contributed by atoms with Crippen LogP contribution in [-0.2, 0) is 9.53 Å². The van der Waals surface area contributed by atoms with E-state index in [0.717, 1.165) is 11.1 Å². The van der Waals surface area contributed by atoms with Gasteiger partial charge in [-0.15, -0.1) is 0 Å². The fourth-order valence-corrected chi connectivity index (χ4v) is 1.66. The second-order valence-corrected chi connectivity index (χ2v) is 4.84. The third kappa shape index (κ3) is 3.90. The highest BCUT2D eigenvalue weighted by atomic mass is 35.5. The Bertz CT molecular complexity index is 448. The lowest BCUT2D eigenvalue weighted by atomic mass is 10.1. The van der Waals surface area contributed by atoms with Gasteiger partial charge in [-0.2, -0.15) is 0 Å². The molecular weight excluding hydrogens is 236 g/mol. The summed E-state index contributed by atoms with van der Waals surface area (Å²) < 4.78 is 5.09. The van der Waals surface area contributed by atoms with Crippen molar-refractivity contribution in [2.45, 2.75) is 19.8 Å². The van der Waals surface area contributed by atoms with Gasteiger partial charge in [0.05, 0.1) is 6.61 Å². The normalized spacial score (nSPS) is 15.2. The van der Waals surface area contributed by atoms with Gasteiger partial charge in [0.2, 0.25) is 0 Å². The Morgan fingerprint density at radius 2 is 2.29 bits per heavy atom. The number of benzene rings is 1. The average Bonchev–Trinajstić information content (AvgIpc) is 3.11. The molecule has 1 fully saturated rings. The van der Waals surface area contributed by atoms with Crippen LogP contribution in [0.4, 0.5) is 0 Å². The lowest BCUT2D eigenvalue weighted by Crippen LogP contribution is -2.03. The second kappa shape index (κ2) is 5.37. The Kier molecular flexibility index (Phi) is 3.85. The van der Waals surface area contributed by atoms with Crippen LogP contribution >= 0.6 is 11.6 Å². The minimum Gasteiger partial charge on any atom is -0.462 e. The largest absolute Gasteiger partial charge is 0.462 e. The first-order chi connectivity index (χ1) is 8.15. The van der Waals surface area contributed by atoms with Gasteiger partial charge in [-0.1, -0.05) is 29.3 Å². The zero-order chi connectivity index (χ0) is 12.3. The van der Waals surface area contributed by atoms with Crippen LogP contribution in [0.3, 0.4) is 0 Å². The van der Waals surface area contributed by atoms with E-state index in [1.807, 2.05) is 25.1 Å². The maximum absolute atomic E-state index is 11.4. The van der Waals surface area contributed by atoms with E-state index in [2.05, 4.69) is 0 Å². The Morgan fingerprint density at radius 1 is 1.53 bits per heavy atom. The number of ether oxygens (including phenoxy) is 1. The highest BCUT2D eigenvalue weighted by Crippen LogP contribution is 2.28. The summed E-state index contributed by atoms with van der Waals surface area (Å²) >= 11 is 6.01. The molecule has 0 saturated heterocycles. The molecule has 0 N–H and O–H groups in total. The van der Waals surface area contributed by atoms with Crippen molar-refractivity contribution in [2.75, 3.05) is 6.61 Å². The number of hydrogen-bond acceptors (Lipinski definition) is 2. The van der Waals surface area contributed by atoms with Crippen molar-refractivity contribution in [1.29, 1.82) is 0 Å². The van der Waals surface area contributed by atoms with Crippen molar-refractivity contribution in [3.8, 4) is 0 Å². The molecule has 0 aromatic heterocycles. The molecule has 0 bridgehead atoms. The predicted octanol–water partition coefficient (Wildman–Crippen LogP) is 3.61. The topological polar surface area (TPSA) is 26.3 Å². The fraction of sp³-hybridized carbons (Fsp3) is 0.357. The van der Waals surface area contributed by atoms with E-state index in [9.17, 15) is 4.79 Å². The highest BCUT2D eigenvalue weighted by Gasteiger charge is 2.22. The summed E-state index contributed by atoms with van der Waals surface area (Å²) in [6.45, 7) is 2.53. The monoisotopic (exact) mass is 250 g/mol. The Balaban J connectivity index is 1.93. The summed E-state index contributed by atoms with van der Waals surface area (Å²) in [5.41, 5.74) is 1.95. The maximum Gasteiger partial charge on any atom is 0.330 e. The van der Waals surface area contributed by atoms with Crippen molar-refractivity contribution in [3.05, 3.63) is 40.4 Å². The van der Waals surface area contributed by atoms with Gasteiger partial charge < -0.3 is 4.74 Å². The van der Waals surface area contributed by atoms with E-state index in [1.54, 1.807) is 6.08 Å². The molecule has 1 saturated carbocycles. The lowest BCUT2D eigenvalue weighted by molar-refractivity contribution is -0.138. The standard InChI is InChI=1S/C14H15ClO2/c1-10-2-6-13(15)12(8-10)5-7-14(16)17-9-11-3-4-11/h2,5-8,11H,3-4,9H2,1H3. The van der Waals surface area contributed by atoms with Crippen molar-refractivity contribution in [1.82, 2.24) is 0 Å². The minimum absolute atomic E-state index is 0.297. The van der Waals surface area contributed by atoms with Crippen LogP contribution < -0.4 is 0 Å². The molecule has 1 aliphatic rings. The Labute approximate surface area is 106 Å². The summed E-state index contributed by atoms with van der Waals surface area (Å²) in [7, 11) is 0. The van der Waals surface area contributed by atoms with E-state index in [4.69, 9.17) is 16.3 Å². The number of esters is 1. The second-order valence-electron chi connectivity index (χ2n) is 4.43. The minimum atomic E-state index is -0.297. The van der Waals surface area contributed by atoms with Crippen LogP contribution in [0.15, 0.2) is 24.3 Å². The maximum atomic E-state index is 11.4. The first kappa shape index (κ1) is 12.2. The van der Waals surface area contributed by atoms with E-state index < -0.39 is 0 Å². The Hall–Kier alpha value is -1.28. The van der Waals surface area contributed by atoms with E-state index >= 15 is 0 Å². The molecule has 17 heavy (non-hydrogen) atoms. The third-order valence-electron chi connectivity index (χ3n) is 2.71. The van der Waals surface area contributed by atoms with Crippen LogP contribution in [0.2, 0.25) is 5.02 Å². The van der Waals surface area contributed by atoms with Gasteiger partial charge in [0.25, 0.3) is 0 Å². The molecule has 0 amide bonds. The van der Waals surface area contributed by atoms with Gasteiger partial charge in [-0.05, 0) is 43.4 Å². The van der Waals surface area contributed by atoms with Crippen molar-refractivity contribution in [2.24, 2.45) is 5.92 Å². The molecule has 2 rings (SSSR count). The molecule has 90 valence electrons. The number of aryl methyl sites for hydroxylation is 1. The van der Waals surface area contributed by atoms with Gasteiger partial charge in [0.1, 0.15) is 0 Å². The van der Waals surface area contributed by atoms with Crippen LogP contribution in [0.25, 0.3) is 6.08 Å². The first-order valence-electron chi connectivity index (χ1n) is 5.76. The van der Waals surface area contributed by atoms with Crippen molar-refractivity contribution in [3.63, 3.8) is 0 Å². The van der Waals surface area contributed by atoms with Gasteiger partial charge in [-0.3, -0.25) is 0 Å². The molecule has 2 nitrogen and oxygen atoms in total. The number of carbonyl (C=O) groups excluding carboxylic acids is 1. The third-order valence-corrected chi connectivity index (χ3v) is 3.05. The summed E-state index contributed by atoms with van der Waals surface area (Å²) in [6, 6.07) is 5.70. The number of hydrogen-bond donors (Lipinski definition) is 0. The van der Waals surface area contributed by atoms with Crippen LogP contribution in [0.5, 0.6) is 0 Å². The van der Waals surface area contributed by atoms with Crippen LogP contribution in [0.1, 0.15) is 24.0 Å². The smallest absolute Gasteiger partial charge is 0.330 e. The molecule has 1 aromatic rings. The molecule has 0 heterocycles. The van der Waals surface area contributed by atoms with Crippen molar-refractivity contribution >= 4 is 23.6 Å². The molecule has 0 spiro atoms. The average molecular weight is 251 g/mol. The summed E-state index contributed by atoms with van der Waals surface area (Å²) in [5, 5.41) is 0.641. The van der Waals surface area contributed by atoms with Gasteiger partial charge in [0.15, 0.2) is 0 Å². The number of carbonyl (C=O) groups is 1. The molecule has 0 unspecified atom stereocenters. The summed E-state index contributed by atoms with van der Waals surface area (Å²) in [4.78, 5) is 11.4. The molecular formula is C14H15ClO2. The highest BCUT2D eigenvalue weighted by molar-refractivity contribution is 6.32. The molecule has 3 heteroatoms. The zero-order valence-corrected chi connectivity index (χ0v) is 10.5. The van der Waals surface area contributed by atoms with E-state index in [1.165, 1.54) is 18.9 Å². The predicted molar refractivity (Wildman–Crippen MR) is 68.9 cm³/mol. The molecule has 0 atom stereocenters. The quantitative estimate of drug-likeness (QED) is 0.603. The SMILES string of the molecule is Cc1ccc(Cl)c(C=CC(=O)OCC2CC2)c1. The first-order valence-corrected chi connectivity index (χ1v) is 6.14. The van der Waals surface area contributed by atoms with E-state index in [-0.39, 0.29) is 5.97 Å². The lowest BCUT2D eigenvalue weighted by Gasteiger charge is -2.01. The molecule has 1 aromatic carbocycles. The zero-order valence-electron chi connectivity index (χ0n) is 9.78. The molecule has 1 aliphatic carbocycles. The molecule has 0 radical (unpaired) electrons. The fourth-order valence-electron chi connectivity index (χ4n) is 1.48. The van der Waals surface area contributed by atoms with Gasteiger partial charge >= 0.3 is 5.97 Å². The van der Waals surface area contributed by atoms with Crippen LogP contribution in [-0.4, -0.2) is 12.6 Å². The van der Waals surface area contributed by atoms with Crippen LogP contribution in [0, 0.1) is 12.8 Å². The number of halogens is 1. The van der Waals surface area contributed by atoms with E-state index in [0.29, 0.717) is 17.5 Å². The van der Waals surface area contributed by atoms with Crippen molar-refractivity contribution < 1.29 is 9.53 Å².